The molecule has 1 atom stereocenters. The highest BCUT2D eigenvalue weighted by molar-refractivity contribution is 5.78. The van der Waals surface area contributed by atoms with Crippen LogP contribution in [0.15, 0.2) is 65.9 Å². The van der Waals surface area contributed by atoms with Gasteiger partial charge in [-0.15, -0.1) is 0 Å². The Morgan fingerprint density at radius 2 is 1.55 bits per heavy atom. The number of nitrogens with two attached hydrogens (primary N) is 2. The second-order valence-electron chi connectivity index (χ2n) is 10.5. The molecule has 10 nitrogen and oxygen atoms in total. The zero-order valence-corrected chi connectivity index (χ0v) is 26.3. The lowest BCUT2D eigenvalue weighted by atomic mass is 9.83. The van der Waals surface area contributed by atoms with Gasteiger partial charge in [-0.25, -0.2) is 23.8 Å². The van der Waals surface area contributed by atoms with E-state index in [1.54, 1.807) is 20.8 Å². The van der Waals surface area contributed by atoms with Crippen LogP contribution in [0.3, 0.4) is 0 Å². The standard InChI is InChI=1S/C30H29F5N6O4.C2H6/c1-28(2,3)45-27(43)39-16-26(42)44-29(17-41(37)18-40-36,23-12-11-22(32)14-24(23)33)30(34,35)25-13-8-20(15-38-25)5-4-19-6-9-21(31)10-7-19;1-2/h6-15,18H,16-17,36-37H2,1-3H3,(H,39,43);1-2H3/b40-18-;. The lowest BCUT2D eigenvalue weighted by molar-refractivity contribution is -0.228. The Bertz CT molecular complexity index is 1600. The number of halogens is 5. The average Bonchev–Trinajstić information content (AvgIpc) is 3.00. The van der Waals surface area contributed by atoms with E-state index in [-0.39, 0.29) is 5.56 Å². The molecular weight excluding hydrogens is 627 g/mol. The van der Waals surface area contributed by atoms with Crippen LogP contribution in [-0.2, 0) is 25.8 Å². The van der Waals surface area contributed by atoms with E-state index >= 15 is 13.2 Å². The highest BCUT2D eigenvalue weighted by Gasteiger charge is 2.62. The van der Waals surface area contributed by atoms with Gasteiger partial charge in [-0.05, 0) is 69.3 Å². The van der Waals surface area contributed by atoms with E-state index in [1.807, 2.05) is 13.8 Å². The Hall–Kier alpha value is -5.23. The molecule has 252 valence electrons. The number of hydrogen-bond acceptors (Lipinski definition) is 8. The molecule has 0 saturated heterocycles. The molecule has 0 spiro atoms. The Labute approximate surface area is 268 Å². The SMILES string of the molecule is CC.CC(C)(C)OC(=O)NCC(=O)OC(CN(N)/C=N\N)(c1ccc(F)cc1F)C(F)(F)c1ccc(C#Cc2ccc(F)cc2)cn1. The van der Waals surface area contributed by atoms with Crippen LogP contribution in [0.25, 0.3) is 0 Å². The van der Waals surface area contributed by atoms with Crippen molar-refractivity contribution in [1.82, 2.24) is 15.3 Å². The summed E-state index contributed by atoms with van der Waals surface area (Å²) in [6.45, 7) is 6.48. The number of rotatable bonds is 9. The predicted molar refractivity (Wildman–Crippen MR) is 164 cm³/mol. The van der Waals surface area contributed by atoms with Crippen LogP contribution in [0.5, 0.6) is 0 Å². The third-order valence-corrected chi connectivity index (χ3v) is 5.84. The highest BCUT2D eigenvalue weighted by Crippen LogP contribution is 2.49. The first-order valence-corrected chi connectivity index (χ1v) is 14.1. The molecule has 0 aliphatic rings. The quantitative estimate of drug-likeness (QED) is 0.0549. The van der Waals surface area contributed by atoms with E-state index in [0.29, 0.717) is 35.1 Å². The van der Waals surface area contributed by atoms with Crippen molar-refractivity contribution < 1.29 is 41.0 Å². The molecule has 1 aromatic heterocycles. The number of carbonyl (C=O) groups is 2. The monoisotopic (exact) mass is 662 g/mol. The number of esters is 1. The molecule has 15 heteroatoms. The molecule has 1 amide bonds. The number of amides is 1. The van der Waals surface area contributed by atoms with E-state index in [2.05, 4.69) is 27.2 Å². The van der Waals surface area contributed by atoms with Crippen molar-refractivity contribution in [2.75, 3.05) is 13.1 Å². The Morgan fingerprint density at radius 1 is 0.957 bits per heavy atom. The molecule has 0 saturated carbocycles. The van der Waals surface area contributed by atoms with Gasteiger partial charge in [-0.3, -0.25) is 14.8 Å². The molecule has 2 aromatic carbocycles. The topological polar surface area (TPSA) is 145 Å². The van der Waals surface area contributed by atoms with E-state index in [1.165, 1.54) is 30.3 Å². The highest BCUT2D eigenvalue weighted by atomic mass is 19.3. The van der Waals surface area contributed by atoms with Crippen molar-refractivity contribution in [2.24, 2.45) is 16.8 Å². The van der Waals surface area contributed by atoms with Gasteiger partial charge < -0.3 is 20.6 Å². The van der Waals surface area contributed by atoms with Gasteiger partial charge >= 0.3 is 18.0 Å². The third-order valence-electron chi connectivity index (χ3n) is 5.84. The minimum atomic E-state index is -4.39. The third kappa shape index (κ3) is 10.4. The molecule has 1 unspecified atom stereocenters. The number of benzene rings is 2. The molecule has 0 radical (unpaired) electrons. The van der Waals surface area contributed by atoms with Crippen LogP contribution in [0.2, 0.25) is 0 Å². The number of carbonyl (C=O) groups excluding carboxylic acids is 2. The van der Waals surface area contributed by atoms with Crippen LogP contribution < -0.4 is 17.0 Å². The van der Waals surface area contributed by atoms with Crippen molar-refractivity contribution in [1.29, 1.82) is 0 Å². The number of alkyl carbamates (subject to hydrolysis) is 1. The molecule has 3 rings (SSSR count). The van der Waals surface area contributed by atoms with E-state index in [0.717, 1.165) is 12.3 Å². The number of aromatic nitrogens is 1. The Morgan fingerprint density at radius 3 is 2.11 bits per heavy atom. The Kier molecular flexibility index (Phi) is 13.2. The van der Waals surface area contributed by atoms with Gasteiger partial charge in [0.15, 0.2) is 0 Å². The molecule has 3 aromatic rings. The van der Waals surface area contributed by atoms with Crippen molar-refractivity contribution in [2.45, 2.75) is 51.7 Å². The lowest BCUT2D eigenvalue weighted by Gasteiger charge is -2.41. The summed E-state index contributed by atoms with van der Waals surface area (Å²) in [5.41, 5.74) is -5.70. The van der Waals surface area contributed by atoms with Gasteiger partial charge in [-0.2, -0.15) is 13.9 Å². The largest absolute Gasteiger partial charge is 0.444 e. The number of hydrogen-bond donors (Lipinski definition) is 3. The molecule has 47 heavy (non-hydrogen) atoms. The zero-order valence-electron chi connectivity index (χ0n) is 26.3. The molecule has 0 aliphatic carbocycles. The van der Waals surface area contributed by atoms with Gasteiger partial charge in [0.2, 0.25) is 5.60 Å². The number of hydrazine groups is 1. The summed E-state index contributed by atoms with van der Waals surface area (Å²) >= 11 is 0. The first-order chi connectivity index (χ1) is 22.1. The normalized spacial score (nSPS) is 12.5. The first kappa shape index (κ1) is 38.0. The second-order valence-corrected chi connectivity index (χ2v) is 10.5. The maximum atomic E-state index is 16.7. The van der Waals surface area contributed by atoms with Crippen LogP contribution >= 0.6 is 0 Å². The fourth-order valence-electron chi connectivity index (χ4n) is 3.93. The summed E-state index contributed by atoms with van der Waals surface area (Å²) in [5.74, 6) is 7.36. The first-order valence-electron chi connectivity index (χ1n) is 14.1. The van der Waals surface area contributed by atoms with E-state index in [4.69, 9.17) is 21.2 Å². The van der Waals surface area contributed by atoms with Gasteiger partial charge in [-0.1, -0.05) is 25.7 Å². The smallest absolute Gasteiger partial charge is 0.408 e. The second kappa shape index (κ2) is 16.4. The number of pyridine rings is 1. The van der Waals surface area contributed by atoms with E-state index < -0.39 is 71.0 Å². The van der Waals surface area contributed by atoms with Crippen LogP contribution in [0.4, 0.5) is 26.7 Å². The fourth-order valence-corrected chi connectivity index (χ4v) is 3.93. The number of nitrogens with zero attached hydrogens (tertiary/aromatic N) is 3. The summed E-state index contributed by atoms with van der Waals surface area (Å²) in [7, 11) is 0. The van der Waals surface area contributed by atoms with Crippen LogP contribution in [-0.4, -0.2) is 47.1 Å². The number of alkyl halides is 2. The summed E-state index contributed by atoms with van der Waals surface area (Å²) < 4.78 is 86.0. The maximum Gasteiger partial charge on any atom is 0.408 e. The summed E-state index contributed by atoms with van der Waals surface area (Å²) in [4.78, 5) is 28.8. The van der Waals surface area contributed by atoms with Gasteiger partial charge in [0, 0.05) is 29.0 Å². The van der Waals surface area contributed by atoms with Crippen molar-refractivity contribution in [3.63, 3.8) is 0 Å². The molecule has 5 N–H and O–H groups in total. The van der Waals surface area contributed by atoms with Gasteiger partial charge in [0.05, 0.1) is 6.54 Å². The summed E-state index contributed by atoms with van der Waals surface area (Å²) in [6, 6.07) is 8.89. The molecule has 0 fully saturated rings. The average molecular weight is 663 g/mol. The summed E-state index contributed by atoms with van der Waals surface area (Å²) in [5, 5.41) is 5.71. The number of hydrazone groups is 1. The van der Waals surface area contributed by atoms with Gasteiger partial charge in [0.25, 0.3) is 0 Å². The number of nitrogens with one attached hydrogen (secondary N) is 1. The molecule has 0 aliphatic heterocycles. The number of ether oxygens (including phenoxy) is 2. The molecule has 0 bridgehead atoms. The minimum Gasteiger partial charge on any atom is -0.444 e. The van der Waals surface area contributed by atoms with E-state index in [9.17, 15) is 18.4 Å². The zero-order chi connectivity index (χ0) is 35.4. The molecule has 1 heterocycles. The van der Waals surface area contributed by atoms with Crippen LogP contribution in [0, 0.1) is 29.3 Å². The molecular formula is C32H35F5N6O4. The van der Waals surface area contributed by atoms with Gasteiger partial charge in [0.1, 0.15) is 41.6 Å². The predicted octanol–water partition coefficient (Wildman–Crippen LogP) is 5.06. The lowest BCUT2D eigenvalue weighted by Crippen LogP contribution is -2.57. The van der Waals surface area contributed by atoms with Crippen molar-refractivity contribution in [3.05, 3.63) is 101 Å². The van der Waals surface area contributed by atoms with Crippen LogP contribution in [0.1, 0.15) is 57.0 Å². The fraction of sp³-hybridized carbons (Fsp3) is 0.312. The minimum absolute atomic E-state index is 0.173. The maximum absolute atomic E-state index is 16.7. The van der Waals surface area contributed by atoms with Crippen molar-refractivity contribution in [3.8, 4) is 11.8 Å². The Balaban J connectivity index is 0.00000376. The van der Waals surface area contributed by atoms with Crippen molar-refractivity contribution >= 4 is 18.4 Å². The summed E-state index contributed by atoms with van der Waals surface area (Å²) in [6.07, 6.45) is 0.610.